The van der Waals surface area contributed by atoms with Crippen molar-refractivity contribution in [2.24, 2.45) is 7.05 Å². The van der Waals surface area contributed by atoms with Gasteiger partial charge >= 0.3 is 5.97 Å². The molecule has 0 fully saturated rings. The average Bonchev–Trinajstić information content (AvgIpc) is 3.16. The molecule has 4 rings (SSSR count). The summed E-state index contributed by atoms with van der Waals surface area (Å²) in [6.45, 7) is 2.03. The highest BCUT2D eigenvalue weighted by Gasteiger charge is 2.18. The Hall–Kier alpha value is -2.77. The zero-order valence-corrected chi connectivity index (χ0v) is 16.1. The van der Waals surface area contributed by atoms with E-state index in [-0.39, 0.29) is 5.56 Å². The summed E-state index contributed by atoms with van der Waals surface area (Å²) in [7, 11) is 1.87. The first-order valence-electron chi connectivity index (χ1n) is 8.10. The second-order valence-corrected chi connectivity index (χ2v) is 7.62. The summed E-state index contributed by atoms with van der Waals surface area (Å²) in [5.41, 5.74) is 3.09. The van der Waals surface area contributed by atoms with Gasteiger partial charge in [-0.2, -0.15) is 5.10 Å². The maximum Gasteiger partial charge on any atom is 0.337 e. The van der Waals surface area contributed by atoms with Crippen molar-refractivity contribution < 1.29 is 9.90 Å². The summed E-state index contributed by atoms with van der Waals surface area (Å²) in [6, 6.07) is 7.39. The van der Waals surface area contributed by atoms with Crippen molar-refractivity contribution in [3.8, 4) is 5.69 Å². The summed E-state index contributed by atoms with van der Waals surface area (Å²) >= 11 is 7.73. The van der Waals surface area contributed by atoms with Crippen LogP contribution in [0.5, 0.6) is 0 Å². The van der Waals surface area contributed by atoms with E-state index in [0.29, 0.717) is 5.02 Å². The molecule has 3 heterocycles. The maximum atomic E-state index is 11.2. The predicted molar refractivity (Wildman–Crippen MR) is 105 cm³/mol. The Bertz CT molecular complexity index is 1180. The molecule has 136 valence electrons. The maximum absolute atomic E-state index is 11.2. The summed E-state index contributed by atoms with van der Waals surface area (Å²) in [4.78, 5) is 17.1. The van der Waals surface area contributed by atoms with Crippen LogP contribution in [0.1, 0.15) is 16.1 Å². The van der Waals surface area contributed by atoms with Gasteiger partial charge in [-0.1, -0.05) is 29.4 Å². The van der Waals surface area contributed by atoms with Crippen molar-refractivity contribution >= 4 is 40.2 Å². The van der Waals surface area contributed by atoms with Gasteiger partial charge in [0.15, 0.2) is 0 Å². The molecule has 27 heavy (non-hydrogen) atoms. The fourth-order valence-corrected chi connectivity index (χ4v) is 4.28. The molecule has 0 radical (unpaired) electrons. The molecular weight excluding hydrogens is 384 g/mol. The number of halogens is 1. The Kier molecular flexibility index (Phi) is 4.41. The molecule has 0 aliphatic carbocycles. The topological polar surface area (TPSA) is 72.9 Å². The van der Waals surface area contributed by atoms with Crippen LogP contribution in [0.4, 0.5) is 0 Å². The largest absolute Gasteiger partial charge is 0.478 e. The highest BCUT2D eigenvalue weighted by atomic mass is 35.5. The number of carboxylic acid groups (broad SMARTS) is 1. The van der Waals surface area contributed by atoms with Crippen molar-refractivity contribution in [3.63, 3.8) is 0 Å². The number of rotatable bonds is 4. The molecule has 0 bridgehead atoms. The van der Waals surface area contributed by atoms with Crippen LogP contribution in [0.3, 0.4) is 0 Å². The lowest BCUT2D eigenvalue weighted by molar-refractivity contribution is 0.0696. The second-order valence-electron chi connectivity index (χ2n) is 6.10. The molecule has 0 spiro atoms. The van der Waals surface area contributed by atoms with Gasteiger partial charge in [-0.3, -0.25) is 9.67 Å². The zero-order chi connectivity index (χ0) is 19.1. The fourth-order valence-electron chi connectivity index (χ4n) is 3.05. The van der Waals surface area contributed by atoms with E-state index >= 15 is 0 Å². The van der Waals surface area contributed by atoms with Crippen molar-refractivity contribution in [2.75, 3.05) is 0 Å². The van der Waals surface area contributed by atoms with E-state index in [1.165, 1.54) is 18.0 Å². The normalized spacial score (nSPS) is 11.2. The quantitative estimate of drug-likeness (QED) is 0.545. The third-order valence-electron chi connectivity index (χ3n) is 4.24. The Morgan fingerprint density at radius 1 is 1.22 bits per heavy atom. The van der Waals surface area contributed by atoms with Crippen LogP contribution < -0.4 is 0 Å². The van der Waals surface area contributed by atoms with Crippen LogP contribution in [0.15, 0.2) is 58.8 Å². The summed E-state index contributed by atoms with van der Waals surface area (Å²) in [5.74, 6) is -0.994. The van der Waals surface area contributed by atoms with Gasteiger partial charge in [-0.25, -0.2) is 4.79 Å². The van der Waals surface area contributed by atoms with Gasteiger partial charge in [-0.05, 0) is 25.1 Å². The predicted octanol–water partition coefficient (Wildman–Crippen LogP) is 4.57. The van der Waals surface area contributed by atoms with Crippen LogP contribution in [-0.2, 0) is 7.05 Å². The van der Waals surface area contributed by atoms with Crippen LogP contribution in [0, 0.1) is 6.92 Å². The fraction of sp³-hybridized carbons (Fsp3) is 0.105. The van der Waals surface area contributed by atoms with Crippen LogP contribution in [-0.4, -0.2) is 30.4 Å². The van der Waals surface area contributed by atoms with Gasteiger partial charge < -0.3 is 9.67 Å². The van der Waals surface area contributed by atoms with E-state index in [4.69, 9.17) is 11.6 Å². The third-order valence-corrected chi connectivity index (χ3v) is 5.65. The molecule has 0 saturated carbocycles. The van der Waals surface area contributed by atoms with Crippen LogP contribution >= 0.6 is 23.4 Å². The first-order valence-corrected chi connectivity index (χ1v) is 9.29. The average molecular weight is 399 g/mol. The number of nitrogens with zero attached hydrogens (tertiary/aromatic N) is 4. The van der Waals surface area contributed by atoms with Crippen molar-refractivity contribution in [1.29, 1.82) is 0 Å². The Labute approximate surface area is 164 Å². The molecule has 0 amide bonds. The van der Waals surface area contributed by atoms with E-state index in [1.54, 1.807) is 23.1 Å². The van der Waals surface area contributed by atoms with Gasteiger partial charge in [0.25, 0.3) is 0 Å². The number of hydrogen-bond acceptors (Lipinski definition) is 4. The number of hydrogen-bond donors (Lipinski definition) is 1. The van der Waals surface area contributed by atoms with Crippen LogP contribution in [0.25, 0.3) is 16.6 Å². The van der Waals surface area contributed by atoms with Gasteiger partial charge in [0.1, 0.15) is 0 Å². The summed E-state index contributed by atoms with van der Waals surface area (Å²) < 4.78 is 3.85. The Balaban J connectivity index is 1.90. The minimum absolute atomic E-state index is 0.164. The molecule has 1 aromatic carbocycles. The number of carbonyl (C=O) groups is 1. The highest BCUT2D eigenvalue weighted by molar-refractivity contribution is 7.99. The molecule has 0 unspecified atom stereocenters. The number of aryl methyl sites for hydroxylation is 1. The van der Waals surface area contributed by atoms with Gasteiger partial charge in [0, 0.05) is 51.5 Å². The standard InChI is InChI=1S/C19H15ClN4O2S/c1-11-18(27-15-5-12(19(25)26)7-21-9-15)16-4-3-13(20)6-17(16)24(11)14-8-22-23(2)10-14/h3-10H,1-2H3,(H,25,26). The molecule has 0 atom stereocenters. The van der Waals surface area contributed by atoms with E-state index in [0.717, 1.165) is 32.1 Å². The molecule has 6 nitrogen and oxygen atoms in total. The minimum atomic E-state index is -0.994. The molecule has 8 heteroatoms. The Morgan fingerprint density at radius 2 is 2.04 bits per heavy atom. The van der Waals surface area contributed by atoms with Crippen molar-refractivity contribution in [2.45, 2.75) is 16.7 Å². The van der Waals surface area contributed by atoms with E-state index in [1.807, 2.05) is 38.4 Å². The first-order chi connectivity index (χ1) is 12.9. The molecule has 3 aromatic heterocycles. The third kappa shape index (κ3) is 3.20. The van der Waals surface area contributed by atoms with E-state index in [2.05, 4.69) is 14.6 Å². The lowest BCUT2D eigenvalue weighted by Crippen LogP contribution is -1.97. The van der Waals surface area contributed by atoms with E-state index < -0.39 is 5.97 Å². The highest BCUT2D eigenvalue weighted by Crippen LogP contribution is 2.40. The van der Waals surface area contributed by atoms with Gasteiger partial charge in [0.2, 0.25) is 0 Å². The summed E-state index contributed by atoms with van der Waals surface area (Å²) in [5, 5.41) is 15.2. The molecule has 1 N–H and O–H groups in total. The molecule has 0 aliphatic rings. The number of aromatic nitrogens is 4. The Morgan fingerprint density at radius 3 is 2.74 bits per heavy atom. The smallest absolute Gasteiger partial charge is 0.337 e. The SMILES string of the molecule is Cc1c(Sc2cncc(C(=O)O)c2)c2ccc(Cl)cc2n1-c1cnn(C)c1. The van der Waals surface area contributed by atoms with Gasteiger partial charge in [-0.15, -0.1) is 0 Å². The monoisotopic (exact) mass is 398 g/mol. The van der Waals surface area contributed by atoms with Gasteiger partial charge in [0.05, 0.1) is 23.0 Å². The number of pyridine rings is 1. The molecule has 4 aromatic rings. The number of benzene rings is 1. The second kappa shape index (κ2) is 6.75. The molecule has 0 aliphatic heterocycles. The first kappa shape index (κ1) is 17.6. The number of fused-ring (bicyclic) bond motifs is 1. The number of aromatic carboxylic acids is 1. The van der Waals surface area contributed by atoms with Crippen molar-refractivity contribution in [3.05, 3.63) is 65.3 Å². The number of carboxylic acids is 1. The zero-order valence-electron chi connectivity index (χ0n) is 14.5. The van der Waals surface area contributed by atoms with E-state index in [9.17, 15) is 9.90 Å². The van der Waals surface area contributed by atoms with Crippen LogP contribution in [0.2, 0.25) is 5.02 Å². The lowest BCUT2D eigenvalue weighted by atomic mass is 10.2. The summed E-state index contributed by atoms with van der Waals surface area (Å²) in [6.07, 6.45) is 6.75. The molecule has 0 saturated heterocycles. The minimum Gasteiger partial charge on any atom is -0.478 e. The lowest BCUT2D eigenvalue weighted by Gasteiger charge is -2.06. The van der Waals surface area contributed by atoms with Crippen molar-refractivity contribution in [1.82, 2.24) is 19.3 Å². The molecular formula is C19H15ClN4O2S.